The molecule has 0 aromatic heterocycles. The molecule has 0 amide bonds. The second-order valence-corrected chi connectivity index (χ2v) is 3.82. The molecule has 17 heavy (non-hydrogen) atoms. The molecule has 0 saturated heterocycles. The summed E-state index contributed by atoms with van der Waals surface area (Å²) in [5, 5.41) is 0. The zero-order chi connectivity index (χ0) is 12.7. The van der Waals surface area contributed by atoms with Crippen molar-refractivity contribution in [3.63, 3.8) is 0 Å². The maximum absolute atomic E-state index is 11.1. The van der Waals surface area contributed by atoms with E-state index in [0.29, 0.717) is 19.4 Å². The first-order valence-corrected chi connectivity index (χ1v) is 5.62. The molecule has 1 aromatic rings. The van der Waals surface area contributed by atoms with Gasteiger partial charge in [-0.25, -0.2) is 0 Å². The van der Waals surface area contributed by atoms with Crippen molar-refractivity contribution in [1.29, 1.82) is 0 Å². The fraction of sp³-hybridized carbons (Fsp3) is 0.462. The van der Waals surface area contributed by atoms with Gasteiger partial charge in [-0.15, -0.1) is 0 Å². The van der Waals surface area contributed by atoms with Crippen LogP contribution in [0.2, 0.25) is 0 Å². The lowest BCUT2D eigenvalue weighted by Gasteiger charge is -2.14. The molecule has 0 spiro atoms. The molecule has 1 aromatic carbocycles. The lowest BCUT2D eigenvalue weighted by atomic mass is 9.94. The minimum atomic E-state index is -0.197. The second-order valence-electron chi connectivity index (χ2n) is 3.82. The van der Waals surface area contributed by atoms with Crippen molar-refractivity contribution in [3.05, 3.63) is 29.8 Å². The number of carbonyl (C=O) groups is 1. The van der Waals surface area contributed by atoms with E-state index < -0.39 is 0 Å². The summed E-state index contributed by atoms with van der Waals surface area (Å²) in [6.45, 7) is 0.517. The van der Waals surface area contributed by atoms with Crippen molar-refractivity contribution < 1.29 is 14.3 Å². The SMILES string of the molecule is COC(=O)CC[C@H](CN)c1ccc(OC)cc1. The third-order valence-electron chi connectivity index (χ3n) is 2.80. The van der Waals surface area contributed by atoms with Crippen LogP contribution in [0.1, 0.15) is 24.3 Å². The van der Waals surface area contributed by atoms with Gasteiger partial charge in [-0.1, -0.05) is 12.1 Å². The smallest absolute Gasteiger partial charge is 0.305 e. The summed E-state index contributed by atoms with van der Waals surface area (Å²) in [5.74, 6) is 0.800. The molecule has 2 N–H and O–H groups in total. The summed E-state index contributed by atoms with van der Waals surface area (Å²) in [4.78, 5) is 11.1. The Morgan fingerprint density at radius 1 is 1.29 bits per heavy atom. The first-order chi connectivity index (χ1) is 8.21. The summed E-state index contributed by atoms with van der Waals surface area (Å²) in [6, 6.07) is 7.76. The van der Waals surface area contributed by atoms with Crippen molar-refractivity contribution in [2.24, 2.45) is 5.73 Å². The van der Waals surface area contributed by atoms with Crippen molar-refractivity contribution in [3.8, 4) is 5.75 Å². The van der Waals surface area contributed by atoms with Gasteiger partial charge in [-0.2, -0.15) is 0 Å². The van der Waals surface area contributed by atoms with Crippen LogP contribution in [0.15, 0.2) is 24.3 Å². The van der Waals surface area contributed by atoms with Crippen LogP contribution >= 0.6 is 0 Å². The van der Waals surface area contributed by atoms with Crippen LogP contribution in [-0.2, 0) is 9.53 Å². The van der Waals surface area contributed by atoms with E-state index in [2.05, 4.69) is 4.74 Å². The van der Waals surface area contributed by atoms with Gasteiger partial charge in [0.2, 0.25) is 0 Å². The zero-order valence-corrected chi connectivity index (χ0v) is 10.3. The summed E-state index contributed by atoms with van der Waals surface area (Å²) in [5.41, 5.74) is 6.84. The second kappa shape index (κ2) is 6.91. The lowest BCUT2D eigenvalue weighted by Crippen LogP contribution is -2.14. The Morgan fingerprint density at radius 2 is 1.94 bits per heavy atom. The van der Waals surface area contributed by atoms with Crippen LogP contribution in [0.5, 0.6) is 5.75 Å². The first kappa shape index (κ1) is 13.5. The molecule has 0 radical (unpaired) electrons. The Morgan fingerprint density at radius 3 is 2.41 bits per heavy atom. The van der Waals surface area contributed by atoms with Crippen molar-refractivity contribution >= 4 is 5.97 Å². The molecule has 4 nitrogen and oxygen atoms in total. The van der Waals surface area contributed by atoms with Gasteiger partial charge >= 0.3 is 5.97 Å². The van der Waals surface area contributed by atoms with E-state index in [0.717, 1.165) is 11.3 Å². The third-order valence-corrected chi connectivity index (χ3v) is 2.80. The van der Waals surface area contributed by atoms with Gasteiger partial charge in [-0.3, -0.25) is 4.79 Å². The number of methoxy groups -OCH3 is 2. The third kappa shape index (κ3) is 4.07. The van der Waals surface area contributed by atoms with Gasteiger partial charge in [0.15, 0.2) is 0 Å². The van der Waals surface area contributed by atoms with E-state index in [4.69, 9.17) is 10.5 Å². The molecule has 0 unspecified atom stereocenters. The van der Waals surface area contributed by atoms with Crippen molar-refractivity contribution in [1.82, 2.24) is 0 Å². The van der Waals surface area contributed by atoms with E-state index in [1.54, 1.807) is 7.11 Å². The van der Waals surface area contributed by atoms with Crippen LogP contribution < -0.4 is 10.5 Å². The van der Waals surface area contributed by atoms with Crippen molar-refractivity contribution in [2.45, 2.75) is 18.8 Å². The lowest BCUT2D eigenvalue weighted by molar-refractivity contribution is -0.140. The number of carbonyl (C=O) groups excluding carboxylic acids is 1. The maximum atomic E-state index is 11.1. The highest BCUT2D eigenvalue weighted by atomic mass is 16.5. The molecular formula is C13H19NO3. The topological polar surface area (TPSA) is 61.5 Å². The summed E-state index contributed by atoms with van der Waals surface area (Å²) >= 11 is 0. The molecule has 0 fully saturated rings. The monoisotopic (exact) mass is 237 g/mol. The largest absolute Gasteiger partial charge is 0.497 e. The van der Waals surface area contributed by atoms with Crippen LogP contribution in [0.3, 0.4) is 0 Å². The maximum Gasteiger partial charge on any atom is 0.305 e. The van der Waals surface area contributed by atoms with Gasteiger partial charge in [0.25, 0.3) is 0 Å². The summed E-state index contributed by atoms with van der Waals surface area (Å²) in [6.07, 6.45) is 1.10. The Hall–Kier alpha value is -1.55. The number of nitrogens with two attached hydrogens (primary N) is 1. The minimum absolute atomic E-state index is 0.181. The Kier molecular flexibility index (Phi) is 5.49. The van der Waals surface area contributed by atoms with Gasteiger partial charge < -0.3 is 15.2 Å². The number of ether oxygens (including phenoxy) is 2. The highest BCUT2D eigenvalue weighted by Gasteiger charge is 2.12. The molecule has 4 heteroatoms. The van der Waals surface area contributed by atoms with Gasteiger partial charge in [0.1, 0.15) is 5.75 Å². The normalized spacial score (nSPS) is 11.9. The fourth-order valence-electron chi connectivity index (χ4n) is 1.69. The molecule has 0 aliphatic carbocycles. The standard InChI is InChI=1S/C13H19NO3/c1-16-12-6-3-10(4-7-12)11(9-14)5-8-13(15)17-2/h3-4,6-7,11H,5,8-9,14H2,1-2H3/t11-/m1/s1. The highest BCUT2D eigenvalue weighted by Crippen LogP contribution is 2.22. The predicted molar refractivity (Wildman–Crippen MR) is 66.0 cm³/mol. The molecule has 1 rings (SSSR count). The number of esters is 1. The van der Waals surface area contributed by atoms with E-state index in [1.165, 1.54) is 7.11 Å². The van der Waals surface area contributed by atoms with Crippen LogP contribution in [0.25, 0.3) is 0 Å². The van der Waals surface area contributed by atoms with Crippen LogP contribution in [0, 0.1) is 0 Å². The Labute approximate surface area is 102 Å². The predicted octanol–water partition coefficient (Wildman–Crippen LogP) is 1.69. The van der Waals surface area contributed by atoms with Gasteiger partial charge in [0.05, 0.1) is 14.2 Å². The molecule has 0 aliphatic heterocycles. The average molecular weight is 237 g/mol. The Bertz CT molecular complexity index is 348. The van der Waals surface area contributed by atoms with Crippen LogP contribution in [0.4, 0.5) is 0 Å². The Balaban J connectivity index is 2.62. The molecule has 0 aliphatic rings. The average Bonchev–Trinajstić information content (AvgIpc) is 2.39. The zero-order valence-electron chi connectivity index (χ0n) is 10.3. The van der Waals surface area contributed by atoms with E-state index in [-0.39, 0.29) is 11.9 Å². The quantitative estimate of drug-likeness (QED) is 0.765. The molecular weight excluding hydrogens is 218 g/mol. The molecule has 0 bridgehead atoms. The van der Waals surface area contributed by atoms with E-state index in [9.17, 15) is 4.79 Å². The number of benzene rings is 1. The first-order valence-electron chi connectivity index (χ1n) is 5.62. The fourth-order valence-corrected chi connectivity index (χ4v) is 1.69. The minimum Gasteiger partial charge on any atom is -0.497 e. The highest BCUT2D eigenvalue weighted by molar-refractivity contribution is 5.69. The van der Waals surface area contributed by atoms with Gasteiger partial charge in [0, 0.05) is 6.42 Å². The molecule has 94 valence electrons. The molecule has 0 saturated carbocycles. The number of rotatable bonds is 6. The summed E-state index contributed by atoms with van der Waals surface area (Å²) < 4.78 is 9.71. The molecule has 1 atom stereocenters. The van der Waals surface area contributed by atoms with E-state index >= 15 is 0 Å². The number of hydrogen-bond donors (Lipinski definition) is 1. The summed E-state index contributed by atoms with van der Waals surface area (Å²) in [7, 11) is 3.03. The van der Waals surface area contributed by atoms with Crippen LogP contribution in [-0.4, -0.2) is 26.7 Å². The van der Waals surface area contributed by atoms with Gasteiger partial charge in [-0.05, 0) is 36.6 Å². The molecule has 0 heterocycles. The van der Waals surface area contributed by atoms with Crippen molar-refractivity contribution in [2.75, 3.05) is 20.8 Å². The number of hydrogen-bond acceptors (Lipinski definition) is 4. The van der Waals surface area contributed by atoms with E-state index in [1.807, 2.05) is 24.3 Å².